The number of aromatic hydroxyl groups is 3. The lowest BCUT2D eigenvalue weighted by Gasteiger charge is -2.42. The van der Waals surface area contributed by atoms with E-state index < -0.39 is 6.10 Å². The topological polar surface area (TPSA) is 154 Å². The summed E-state index contributed by atoms with van der Waals surface area (Å²) in [7, 11) is 0. The summed E-state index contributed by atoms with van der Waals surface area (Å²) in [4.78, 5) is 13.2. The van der Waals surface area contributed by atoms with Crippen LogP contribution in [0.1, 0.15) is 112 Å². The minimum absolute atomic E-state index is 0.00406. The molecule has 0 bridgehead atoms. The molecule has 1 saturated heterocycles. The minimum atomic E-state index is -0.902. The van der Waals surface area contributed by atoms with Crippen molar-refractivity contribution in [1.29, 1.82) is 0 Å². The highest BCUT2D eigenvalue weighted by atomic mass is 16.5. The molecule has 1 aliphatic heterocycles. The van der Waals surface area contributed by atoms with Crippen LogP contribution in [0.4, 0.5) is 0 Å². The zero-order valence-electron chi connectivity index (χ0n) is 29.8. The van der Waals surface area contributed by atoms with Gasteiger partial charge in [-0.1, -0.05) is 68.5 Å². The van der Waals surface area contributed by atoms with Crippen molar-refractivity contribution in [2.24, 2.45) is 11.1 Å². The van der Waals surface area contributed by atoms with Gasteiger partial charge in [-0.3, -0.25) is 10.5 Å². The van der Waals surface area contributed by atoms with Gasteiger partial charge in [0.25, 0.3) is 0 Å². The smallest absolute Gasteiger partial charge is 0.200 e. The molecule has 3 fully saturated rings. The van der Waals surface area contributed by atoms with Crippen LogP contribution in [0, 0.1) is 5.41 Å². The average molecular weight is 701 g/mol. The average Bonchev–Trinajstić information content (AvgIpc) is 3.60. The number of aryl methyl sites for hydroxylation is 1. The molecule has 0 aromatic heterocycles. The molecule has 0 radical (unpaired) electrons. The molecule has 0 amide bonds. The molecule has 3 aromatic rings. The normalized spacial score (nSPS) is 20.9. The predicted molar refractivity (Wildman–Crippen MR) is 197 cm³/mol. The Morgan fingerprint density at radius 2 is 1.65 bits per heavy atom. The maximum atomic E-state index is 13.2. The van der Waals surface area contributed by atoms with E-state index in [4.69, 9.17) is 15.2 Å². The van der Waals surface area contributed by atoms with Gasteiger partial charge in [-0.15, -0.1) is 0 Å². The fourth-order valence-corrected chi connectivity index (χ4v) is 9.26. The highest BCUT2D eigenvalue weighted by molar-refractivity contribution is 5.79. The van der Waals surface area contributed by atoms with Gasteiger partial charge in [0.1, 0.15) is 18.6 Å². The predicted octanol–water partition coefficient (Wildman–Crippen LogP) is 7.12. The summed E-state index contributed by atoms with van der Waals surface area (Å²) in [5, 5.41) is 47.4. The van der Waals surface area contributed by atoms with E-state index in [0.717, 1.165) is 88.4 Å². The number of aliphatic hydroxyl groups excluding tert-OH is 1. The van der Waals surface area contributed by atoms with Crippen molar-refractivity contribution in [2.45, 2.75) is 120 Å². The third kappa shape index (κ3) is 8.82. The summed E-state index contributed by atoms with van der Waals surface area (Å²) in [5.41, 5.74) is 8.30. The minimum Gasteiger partial charge on any atom is -0.504 e. The lowest BCUT2D eigenvalue weighted by atomic mass is 9.63. The van der Waals surface area contributed by atoms with E-state index in [9.17, 15) is 25.2 Å². The van der Waals surface area contributed by atoms with Crippen LogP contribution in [0.15, 0.2) is 60.7 Å². The number of nitrogens with two attached hydrogens (primary N) is 1. The standard InChI is InChI=1S/C42H56N2O7/c43-28-50-37-21-29(12-14-35(37)47)11-13-33(45)25-34(46)22-31(26-41(16-5-2-6-17-41)32-9-3-1-4-10-32)30-23-36(48)40(49)38(24-30)51-39-15-20-44-27-42(39)18-7-8-19-42/h1,3-4,9-10,12,14,21,23-24,31,34,39,44,46-49H,2,5-8,11,13,15-20,22,25-28,43H2. The second-order valence-electron chi connectivity index (χ2n) is 15.4. The van der Waals surface area contributed by atoms with Crippen LogP contribution in [0.5, 0.6) is 28.7 Å². The summed E-state index contributed by atoms with van der Waals surface area (Å²) >= 11 is 0. The summed E-state index contributed by atoms with van der Waals surface area (Å²) in [5.74, 6) is -0.174. The quantitative estimate of drug-likeness (QED) is 0.0719. The number of hydrogen-bond acceptors (Lipinski definition) is 9. The number of piperidine rings is 1. The Labute approximate surface area is 302 Å². The summed E-state index contributed by atoms with van der Waals surface area (Å²) < 4.78 is 12.0. The maximum Gasteiger partial charge on any atom is 0.200 e. The summed E-state index contributed by atoms with van der Waals surface area (Å²) in [6.45, 7) is 1.67. The molecule has 7 N–H and O–H groups in total. The Morgan fingerprint density at radius 3 is 2.39 bits per heavy atom. The summed E-state index contributed by atoms with van der Waals surface area (Å²) in [6.07, 6.45) is 11.6. The van der Waals surface area contributed by atoms with E-state index in [1.54, 1.807) is 18.2 Å². The van der Waals surface area contributed by atoms with Gasteiger partial charge in [0.05, 0.1) is 6.10 Å². The van der Waals surface area contributed by atoms with Crippen LogP contribution >= 0.6 is 0 Å². The van der Waals surface area contributed by atoms with Crippen LogP contribution in [-0.2, 0) is 16.6 Å². The number of benzene rings is 3. The molecule has 3 aromatic carbocycles. The van der Waals surface area contributed by atoms with Crippen molar-refractivity contribution >= 4 is 5.78 Å². The van der Waals surface area contributed by atoms with Crippen molar-refractivity contribution in [3.05, 3.63) is 77.4 Å². The first-order chi connectivity index (χ1) is 24.7. The fourth-order valence-electron chi connectivity index (χ4n) is 9.26. The van der Waals surface area contributed by atoms with Gasteiger partial charge in [-0.05, 0) is 110 Å². The number of hydrogen-bond donors (Lipinski definition) is 6. The van der Waals surface area contributed by atoms with Crippen molar-refractivity contribution in [3.8, 4) is 28.7 Å². The third-order valence-electron chi connectivity index (χ3n) is 12.0. The molecule has 51 heavy (non-hydrogen) atoms. The van der Waals surface area contributed by atoms with Gasteiger partial charge in [0.2, 0.25) is 5.75 Å². The van der Waals surface area contributed by atoms with E-state index in [1.807, 2.05) is 12.1 Å². The molecule has 9 nitrogen and oxygen atoms in total. The van der Waals surface area contributed by atoms with Crippen molar-refractivity contribution in [1.82, 2.24) is 5.32 Å². The van der Waals surface area contributed by atoms with Gasteiger partial charge in [-0.2, -0.15) is 0 Å². The first-order valence-electron chi connectivity index (χ1n) is 19.0. The molecule has 9 heteroatoms. The number of Topliss-reactive ketones (excluding diaryl/α,β-unsaturated/α-hetero) is 1. The Bertz CT molecular complexity index is 1600. The van der Waals surface area contributed by atoms with Crippen LogP contribution < -0.4 is 20.5 Å². The van der Waals surface area contributed by atoms with Crippen molar-refractivity contribution in [2.75, 3.05) is 19.8 Å². The SMILES string of the molecule is NCOc1cc(CCC(=O)CC(O)CC(CC2(c3ccccc3)CCCCC2)c2cc(O)c(O)c(OC3CCNCC34CCCC4)c2)ccc1O. The van der Waals surface area contributed by atoms with E-state index in [-0.39, 0.29) is 71.2 Å². The van der Waals surface area contributed by atoms with Gasteiger partial charge in [-0.25, -0.2) is 0 Å². The zero-order valence-corrected chi connectivity index (χ0v) is 29.8. The summed E-state index contributed by atoms with van der Waals surface area (Å²) in [6, 6.07) is 19.1. The monoisotopic (exact) mass is 700 g/mol. The van der Waals surface area contributed by atoms with Crippen molar-refractivity contribution < 1.29 is 34.7 Å². The number of phenolic OH excluding ortho intramolecular Hbond substituents is 3. The molecule has 6 rings (SSSR count). The number of phenols is 3. The van der Waals surface area contributed by atoms with E-state index >= 15 is 0 Å². The second kappa shape index (κ2) is 16.7. The van der Waals surface area contributed by atoms with E-state index in [1.165, 1.54) is 18.1 Å². The number of carbonyl (C=O) groups is 1. The van der Waals surface area contributed by atoms with Crippen LogP contribution in [0.25, 0.3) is 0 Å². The Balaban J connectivity index is 1.24. The van der Waals surface area contributed by atoms with Crippen LogP contribution in [-0.4, -0.2) is 58.2 Å². The number of aliphatic hydroxyl groups is 1. The molecule has 3 aliphatic rings. The number of ketones is 1. The Hall–Kier alpha value is -3.79. The molecule has 276 valence electrons. The fraction of sp³-hybridized carbons (Fsp3) is 0.548. The molecule has 1 heterocycles. The molecular weight excluding hydrogens is 644 g/mol. The largest absolute Gasteiger partial charge is 0.504 e. The molecule has 3 atom stereocenters. The molecule has 2 aliphatic carbocycles. The second-order valence-corrected chi connectivity index (χ2v) is 15.4. The maximum absolute atomic E-state index is 13.2. The van der Waals surface area contributed by atoms with Crippen LogP contribution in [0.3, 0.4) is 0 Å². The number of rotatable bonds is 15. The van der Waals surface area contributed by atoms with Gasteiger partial charge in [0.15, 0.2) is 23.0 Å². The molecular formula is C42H56N2O7. The Morgan fingerprint density at radius 1 is 0.902 bits per heavy atom. The number of ether oxygens (including phenoxy) is 2. The van der Waals surface area contributed by atoms with E-state index in [2.05, 4.69) is 29.6 Å². The third-order valence-corrected chi connectivity index (χ3v) is 12.0. The van der Waals surface area contributed by atoms with Gasteiger partial charge >= 0.3 is 0 Å². The zero-order chi connectivity index (χ0) is 35.8. The lowest BCUT2D eigenvalue weighted by Crippen LogP contribution is -2.50. The molecule has 2 saturated carbocycles. The Kier molecular flexibility index (Phi) is 12.1. The number of carbonyl (C=O) groups excluding carboxylic acids is 1. The first-order valence-corrected chi connectivity index (χ1v) is 19.0. The highest BCUT2D eigenvalue weighted by Gasteiger charge is 2.45. The van der Waals surface area contributed by atoms with Gasteiger partial charge in [0, 0.05) is 24.8 Å². The lowest BCUT2D eigenvalue weighted by molar-refractivity contribution is -0.121. The number of nitrogens with one attached hydrogen (secondary N) is 1. The molecule has 1 spiro atoms. The van der Waals surface area contributed by atoms with Crippen LogP contribution in [0.2, 0.25) is 0 Å². The molecule has 3 unspecified atom stereocenters. The van der Waals surface area contributed by atoms with Gasteiger partial charge < -0.3 is 35.2 Å². The van der Waals surface area contributed by atoms with E-state index in [0.29, 0.717) is 18.6 Å². The van der Waals surface area contributed by atoms with Crippen molar-refractivity contribution in [3.63, 3.8) is 0 Å². The highest BCUT2D eigenvalue weighted by Crippen LogP contribution is 2.51. The first kappa shape index (κ1) is 37.0.